The number of rotatable bonds is 4. The van der Waals surface area contributed by atoms with E-state index in [1.807, 2.05) is 30.0 Å². The first-order valence-electron chi connectivity index (χ1n) is 9.82. The van der Waals surface area contributed by atoms with Crippen LogP contribution < -0.4 is 0 Å². The highest BCUT2D eigenvalue weighted by Gasteiger charge is 2.33. The number of piperidine rings is 1. The maximum Gasteiger partial charge on any atom is 0.357 e. The molecule has 9 heteroatoms. The molecule has 0 aliphatic carbocycles. The van der Waals surface area contributed by atoms with Crippen molar-refractivity contribution in [3.05, 3.63) is 57.8 Å². The third kappa shape index (κ3) is 3.72. The van der Waals surface area contributed by atoms with Gasteiger partial charge in [-0.3, -0.25) is 4.79 Å². The monoisotopic (exact) mass is 425 g/mol. The first-order valence-corrected chi connectivity index (χ1v) is 10.6. The van der Waals surface area contributed by atoms with Crippen molar-refractivity contribution in [1.82, 2.24) is 24.9 Å². The summed E-state index contributed by atoms with van der Waals surface area (Å²) in [6.45, 7) is 4.49. The molecule has 3 heterocycles. The molecule has 0 saturated carbocycles. The van der Waals surface area contributed by atoms with Crippen LogP contribution in [0.15, 0.2) is 36.7 Å². The van der Waals surface area contributed by atoms with Crippen LogP contribution in [0, 0.1) is 6.92 Å². The van der Waals surface area contributed by atoms with Gasteiger partial charge in [-0.25, -0.2) is 9.78 Å². The third-order valence-electron chi connectivity index (χ3n) is 5.45. The van der Waals surface area contributed by atoms with Gasteiger partial charge in [0.2, 0.25) is 0 Å². The number of methoxy groups -OCH3 is 1. The lowest BCUT2D eigenvalue weighted by Crippen LogP contribution is -2.45. The number of benzene rings is 1. The van der Waals surface area contributed by atoms with E-state index in [0.717, 1.165) is 22.7 Å². The van der Waals surface area contributed by atoms with Gasteiger partial charge in [0.1, 0.15) is 0 Å². The Kier molecular flexibility index (Phi) is 5.63. The van der Waals surface area contributed by atoms with E-state index >= 15 is 0 Å². The minimum absolute atomic E-state index is 0.0541. The summed E-state index contributed by atoms with van der Waals surface area (Å²) < 4.78 is 4.83. The number of hydrogen-bond acceptors (Lipinski definition) is 7. The van der Waals surface area contributed by atoms with Gasteiger partial charge in [0.05, 0.1) is 35.8 Å². The maximum atomic E-state index is 13.5. The number of carbonyl (C=O) groups is 2. The van der Waals surface area contributed by atoms with E-state index in [-0.39, 0.29) is 17.9 Å². The number of para-hydroxylation sites is 1. The fraction of sp³-hybridized carbons (Fsp3) is 0.381. The minimum atomic E-state index is -0.423. The van der Waals surface area contributed by atoms with Gasteiger partial charge in [-0.1, -0.05) is 12.1 Å². The molecule has 1 saturated heterocycles. The summed E-state index contributed by atoms with van der Waals surface area (Å²) in [5.74, 6) is -0.392. The van der Waals surface area contributed by atoms with Crippen LogP contribution in [0.25, 0.3) is 5.69 Å². The van der Waals surface area contributed by atoms with E-state index in [4.69, 9.17) is 4.74 Å². The Morgan fingerprint density at radius 2 is 1.90 bits per heavy atom. The summed E-state index contributed by atoms with van der Waals surface area (Å²) >= 11 is 1.50. The lowest BCUT2D eigenvalue weighted by atomic mass is 9.93. The minimum Gasteiger partial charge on any atom is -0.464 e. The lowest BCUT2D eigenvalue weighted by Gasteiger charge is -2.37. The Balaban J connectivity index is 1.61. The van der Waals surface area contributed by atoms with Gasteiger partial charge in [0.15, 0.2) is 5.69 Å². The van der Waals surface area contributed by atoms with Crippen molar-refractivity contribution in [2.45, 2.75) is 38.6 Å². The van der Waals surface area contributed by atoms with Crippen LogP contribution in [0.2, 0.25) is 0 Å². The van der Waals surface area contributed by atoms with Gasteiger partial charge >= 0.3 is 5.97 Å². The molecular formula is C21H23N5O3S. The Bertz CT molecular complexity index is 1060. The quantitative estimate of drug-likeness (QED) is 0.596. The first-order chi connectivity index (χ1) is 14.5. The van der Waals surface area contributed by atoms with Gasteiger partial charge in [0.25, 0.3) is 5.91 Å². The molecule has 0 N–H and O–H groups in total. The predicted molar refractivity (Wildman–Crippen MR) is 112 cm³/mol. The highest BCUT2D eigenvalue weighted by atomic mass is 32.1. The smallest absolute Gasteiger partial charge is 0.357 e. The van der Waals surface area contributed by atoms with E-state index in [0.29, 0.717) is 23.5 Å². The van der Waals surface area contributed by atoms with Gasteiger partial charge in [-0.05, 0) is 38.8 Å². The molecule has 156 valence electrons. The molecule has 1 aromatic carbocycles. The summed E-state index contributed by atoms with van der Waals surface area (Å²) in [7, 11) is 1.36. The Morgan fingerprint density at radius 3 is 2.63 bits per heavy atom. The Hall–Kier alpha value is -3.07. The summed E-state index contributed by atoms with van der Waals surface area (Å²) in [4.78, 5) is 34.2. The molecule has 1 aliphatic rings. The second-order valence-electron chi connectivity index (χ2n) is 7.36. The molecule has 0 bridgehead atoms. The zero-order valence-corrected chi connectivity index (χ0v) is 17.9. The third-order valence-corrected chi connectivity index (χ3v) is 6.59. The molecule has 0 radical (unpaired) electrons. The highest BCUT2D eigenvalue weighted by Crippen LogP contribution is 2.34. The molecule has 1 aliphatic heterocycles. The predicted octanol–water partition coefficient (Wildman–Crippen LogP) is 3.23. The van der Waals surface area contributed by atoms with Crippen molar-refractivity contribution in [3.63, 3.8) is 0 Å². The molecule has 0 spiro atoms. The number of hydrogen-bond donors (Lipinski definition) is 0. The van der Waals surface area contributed by atoms with Crippen LogP contribution in [0.3, 0.4) is 0 Å². The molecule has 3 aromatic rings. The number of carbonyl (C=O) groups excluding carboxylic acids is 2. The number of aromatic nitrogens is 4. The zero-order valence-electron chi connectivity index (χ0n) is 17.1. The van der Waals surface area contributed by atoms with Gasteiger partial charge < -0.3 is 9.64 Å². The van der Waals surface area contributed by atoms with Crippen LogP contribution in [0.4, 0.5) is 0 Å². The molecule has 8 nitrogen and oxygen atoms in total. The van der Waals surface area contributed by atoms with E-state index in [1.54, 1.807) is 18.5 Å². The van der Waals surface area contributed by atoms with Crippen LogP contribution in [-0.2, 0) is 4.74 Å². The summed E-state index contributed by atoms with van der Waals surface area (Å²) in [6.07, 6.45) is 4.96. The van der Waals surface area contributed by atoms with Crippen molar-refractivity contribution in [2.75, 3.05) is 13.7 Å². The van der Waals surface area contributed by atoms with E-state index in [2.05, 4.69) is 22.1 Å². The van der Waals surface area contributed by atoms with Crippen molar-refractivity contribution in [1.29, 1.82) is 0 Å². The van der Waals surface area contributed by atoms with Crippen molar-refractivity contribution >= 4 is 23.2 Å². The Labute approximate surface area is 178 Å². The molecular weight excluding hydrogens is 402 g/mol. The number of amides is 1. The number of ether oxygens (including phenoxy) is 1. The molecule has 4 rings (SSSR count). The van der Waals surface area contributed by atoms with E-state index in [9.17, 15) is 9.59 Å². The molecule has 2 unspecified atom stereocenters. The standard InChI is InChI=1S/C21H23N5O3S/c1-13-8-9-15(19-24-18(14(2)30-19)21(28)29-3)12-25(13)20(27)16-6-4-5-7-17(16)26-22-10-11-23-26/h4-7,10-11,13,15H,8-9,12H2,1-3H3. The molecule has 2 aromatic heterocycles. The van der Waals surface area contributed by atoms with E-state index < -0.39 is 5.97 Å². The second-order valence-corrected chi connectivity index (χ2v) is 8.60. The molecule has 30 heavy (non-hydrogen) atoms. The number of likely N-dealkylation sites (tertiary alicyclic amines) is 1. The van der Waals surface area contributed by atoms with Gasteiger partial charge in [0, 0.05) is 23.4 Å². The topological polar surface area (TPSA) is 90.2 Å². The fourth-order valence-electron chi connectivity index (χ4n) is 3.79. The fourth-order valence-corrected chi connectivity index (χ4v) is 4.83. The Morgan fingerprint density at radius 1 is 1.17 bits per heavy atom. The highest BCUT2D eigenvalue weighted by molar-refractivity contribution is 7.12. The van der Waals surface area contributed by atoms with Crippen molar-refractivity contribution in [2.24, 2.45) is 0 Å². The van der Waals surface area contributed by atoms with Crippen LogP contribution >= 0.6 is 11.3 Å². The molecule has 2 atom stereocenters. The average Bonchev–Trinajstić information content (AvgIpc) is 3.43. The number of nitrogens with zero attached hydrogens (tertiary/aromatic N) is 5. The summed E-state index contributed by atoms with van der Waals surface area (Å²) in [5, 5.41) is 9.23. The second kappa shape index (κ2) is 8.35. The van der Waals surface area contributed by atoms with Crippen molar-refractivity contribution in [3.8, 4) is 5.69 Å². The lowest BCUT2D eigenvalue weighted by molar-refractivity contribution is 0.0584. The van der Waals surface area contributed by atoms with Crippen molar-refractivity contribution < 1.29 is 14.3 Å². The summed E-state index contributed by atoms with van der Waals surface area (Å²) in [5.41, 5.74) is 1.58. The molecule has 1 amide bonds. The summed E-state index contributed by atoms with van der Waals surface area (Å²) in [6, 6.07) is 7.46. The van der Waals surface area contributed by atoms with Gasteiger partial charge in [-0.2, -0.15) is 15.0 Å². The first kappa shape index (κ1) is 20.2. The number of esters is 1. The van der Waals surface area contributed by atoms with E-state index in [1.165, 1.54) is 23.2 Å². The van der Waals surface area contributed by atoms with Crippen LogP contribution in [0.5, 0.6) is 0 Å². The normalized spacial score (nSPS) is 19.0. The van der Waals surface area contributed by atoms with Crippen LogP contribution in [-0.4, -0.2) is 56.5 Å². The SMILES string of the molecule is COC(=O)c1nc(C2CCC(C)N(C(=O)c3ccccc3-n3nccn3)C2)sc1C. The number of thiazole rings is 1. The largest absolute Gasteiger partial charge is 0.464 e. The van der Waals surface area contributed by atoms with Crippen LogP contribution in [0.1, 0.15) is 56.4 Å². The zero-order chi connectivity index (χ0) is 21.3. The number of aryl methyl sites for hydroxylation is 1. The maximum absolute atomic E-state index is 13.5. The van der Waals surface area contributed by atoms with Gasteiger partial charge in [-0.15, -0.1) is 11.3 Å². The molecule has 1 fully saturated rings. The average molecular weight is 426 g/mol.